The second-order valence-electron chi connectivity index (χ2n) is 2.74. The second-order valence-corrected chi connectivity index (χ2v) is 4.19. The van der Waals surface area contributed by atoms with E-state index in [2.05, 4.69) is 4.98 Å². The largest absolute Gasteiger partial charge is 0.609 e. The molecule has 78 valence electrons. The predicted molar refractivity (Wildman–Crippen MR) is 46.9 cm³/mol. The molecule has 1 aromatic rings. The number of nitrogens with zero attached hydrogens (tertiary/aromatic N) is 1. The lowest BCUT2D eigenvalue weighted by Gasteiger charge is -2.12. The third-order valence-corrected chi connectivity index (χ3v) is 2.64. The molecule has 0 amide bonds. The van der Waals surface area contributed by atoms with Crippen molar-refractivity contribution in [1.29, 1.82) is 0 Å². The van der Waals surface area contributed by atoms with E-state index in [1.165, 1.54) is 12.3 Å². The van der Waals surface area contributed by atoms with Crippen LogP contribution in [0.25, 0.3) is 0 Å². The van der Waals surface area contributed by atoms with Gasteiger partial charge in [0.25, 0.3) is 0 Å². The van der Waals surface area contributed by atoms with E-state index in [0.29, 0.717) is 11.3 Å². The third-order valence-electron chi connectivity index (χ3n) is 1.53. The maximum atomic E-state index is 11.9. The number of rotatable bonds is 2. The Morgan fingerprint density at radius 1 is 1.43 bits per heavy atom. The molecule has 0 spiro atoms. The van der Waals surface area contributed by atoms with Crippen LogP contribution in [0.4, 0.5) is 13.2 Å². The summed E-state index contributed by atoms with van der Waals surface area (Å²) in [5.41, 5.74) is -3.61. The topological polar surface area (TPSA) is 36.0 Å². The highest BCUT2D eigenvalue weighted by Gasteiger charge is 2.44. The number of aromatic nitrogens is 1. The summed E-state index contributed by atoms with van der Waals surface area (Å²) < 4.78 is 46.4. The molecule has 0 saturated heterocycles. The van der Waals surface area contributed by atoms with Crippen molar-refractivity contribution in [3.8, 4) is 0 Å². The molecule has 0 N–H and O–H groups in total. The van der Waals surface area contributed by atoms with Crippen molar-refractivity contribution >= 4 is 11.2 Å². The van der Waals surface area contributed by atoms with Crippen molar-refractivity contribution < 1.29 is 17.7 Å². The Morgan fingerprint density at radius 2 is 2.07 bits per heavy atom. The fourth-order valence-electron chi connectivity index (χ4n) is 0.817. The van der Waals surface area contributed by atoms with Crippen LogP contribution in [0.15, 0.2) is 18.3 Å². The standard InChI is InChI=1S/C8H8F3NOS/c1-6-2-3-7(4-12-6)5-14(13)8(9,10)11/h2-4H,5H2,1H3. The molecule has 0 aromatic carbocycles. The minimum atomic E-state index is -4.65. The van der Waals surface area contributed by atoms with Gasteiger partial charge in [-0.25, -0.2) is 0 Å². The molecular weight excluding hydrogens is 215 g/mol. The van der Waals surface area contributed by atoms with E-state index in [9.17, 15) is 17.7 Å². The molecule has 14 heavy (non-hydrogen) atoms. The van der Waals surface area contributed by atoms with Crippen LogP contribution < -0.4 is 0 Å². The number of halogens is 3. The summed E-state index contributed by atoms with van der Waals surface area (Å²) in [6.07, 6.45) is 1.30. The van der Waals surface area contributed by atoms with Gasteiger partial charge in [-0.3, -0.25) is 4.98 Å². The summed E-state index contributed by atoms with van der Waals surface area (Å²) in [5.74, 6) is -0.531. The monoisotopic (exact) mass is 223 g/mol. The lowest BCUT2D eigenvalue weighted by molar-refractivity contribution is -0.0437. The maximum absolute atomic E-state index is 11.9. The molecule has 6 heteroatoms. The molecule has 1 unspecified atom stereocenters. The lowest BCUT2D eigenvalue weighted by atomic mass is 10.3. The molecule has 0 bridgehead atoms. The van der Waals surface area contributed by atoms with Gasteiger partial charge in [0.1, 0.15) is 5.75 Å². The Bertz CT molecular complexity index is 298. The summed E-state index contributed by atoms with van der Waals surface area (Å²) in [4.78, 5) is 3.81. The number of aryl methyl sites for hydroxylation is 1. The van der Waals surface area contributed by atoms with E-state index < -0.39 is 22.4 Å². The smallest absolute Gasteiger partial charge is 0.572 e. The summed E-state index contributed by atoms with van der Waals surface area (Å²) in [7, 11) is 0. The van der Waals surface area contributed by atoms with Crippen LogP contribution in [0.2, 0.25) is 0 Å². The molecule has 1 atom stereocenters. The van der Waals surface area contributed by atoms with Crippen molar-refractivity contribution in [2.75, 3.05) is 0 Å². The fourth-order valence-corrected chi connectivity index (χ4v) is 1.45. The van der Waals surface area contributed by atoms with Gasteiger partial charge < -0.3 is 4.55 Å². The van der Waals surface area contributed by atoms with E-state index in [0.717, 1.165) is 0 Å². The van der Waals surface area contributed by atoms with Crippen LogP contribution in [0.1, 0.15) is 11.3 Å². The minimum Gasteiger partial charge on any atom is -0.609 e. The van der Waals surface area contributed by atoms with E-state index in [1.54, 1.807) is 13.0 Å². The summed E-state index contributed by atoms with van der Waals surface area (Å²) in [6.45, 7) is 1.73. The Balaban J connectivity index is 2.65. The Morgan fingerprint density at radius 3 is 2.50 bits per heavy atom. The molecular formula is C8H8F3NOS. The Hall–Kier alpha value is -0.750. The number of alkyl halides is 3. The van der Waals surface area contributed by atoms with Crippen LogP contribution in [-0.4, -0.2) is 15.0 Å². The first-order valence-corrected chi connectivity index (χ1v) is 5.08. The Kier molecular flexibility index (Phi) is 3.38. The molecule has 0 saturated carbocycles. The van der Waals surface area contributed by atoms with E-state index in [-0.39, 0.29) is 0 Å². The maximum Gasteiger partial charge on any atom is 0.572 e. The highest BCUT2D eigenvalue weighted by molar-refractivity contribution is 7.91. The predicted octanol–water partition coefficient (Wildman–Crippen LogP) is 2.16. The molecule has 0 fully saturated rings. The molecule has 0 aliphatic rings. The van der Waals surface area contributed by atoms with Crippen LogP contribution in [0, 0.1) is 6.92 Å². The number of pyridine rings is 1. The van der Waals surface area contributed by atoms with E-state index in [4.69, 9.17) is 0 Å². The fraction of sp³-hybridized carbons (Fsp3) is 0.375. The van der Waals surface area contributed by atoms with Gasteiger partial charge in [0.15, 0.2) is 0 Å². The molecule has 2 nitrogen and oxygen atoms in total. The van der Waals surface area contributed by atoms with Crippen LogP contribution >= 0.6 is 0 Å². The second kappa shape index (κ2) is 4.18. The van der Waals surface area contributed by atoms with E-state index in [1.807, 2.05) is 0 Å². The molecule has 0 aliphatic heterocycles. The van der Waals surface area contributed by atoms with Crippen LogP contribution in [0.5, 0.6) is 0 Å². The number of hydrogen-bond acceptors (Lipinski definition) is 2. The number of hydrogen-bond donors (Lipinski definition) is 0. The summed E-state index contributed by atoms with van der Waals surface area (Å²) in [6, 6.07) is 3.08. The van der Waals surface area contributed by atoms with Crippen LogP contribution in [0.3, 0.4) is 0 Å². The van der Waals surface area contributed by atoms with Crippen molar-refractivity contribution in [2.45, 2.75) is 18.2 Å². The summed E-state index contributed by atoms with van der Waals surface area (Å²) in [5, 5.41) is 0. The molecule has 1 rings (SSSR count). The first-order valence-electron chi connectivity index (χ1n) is 3.76. The van der Waals surface area contributed by atoms with Gasteiger partial charge in [-0.2, -0.15) is 0 Å². The Labute approximate surface area is 82.3 Å². The van der Waals surface area contributed by atoms with Crippen molar-refractivity contribution in [2.24, 2.45) is 0 Å². The molecule has 0 aliphatic carbocycles. The molecule has 1 aromatic heterocycles. The van der Waals surface area contributed by atoms with Gasteiger partial charge in [-0.1, -0.05) is 6.07 Å². The van der Waals surface area contributed by atoms with Gasteiger partial charge in [-0.15, -0.1) is 13.2 Å². The zero-order chi connectivity index (χ0) is 10.8. The molecule has 1 heterocycles. The highest BCUT2D eigenvalue weighted by Crippen LogP contribution is 2.26. The lowest BCUT2D eigenvalue weighted by Crippen LogP contribution is -2.24. The first kappa shape index (κ1) is 11.3. The van der Waals surface area contributed by atoms with Crippen LogP contribution in [-0.2, 0) is 16.9 Å². The van der Waals surface area contributed by atoms with Gasteiger partial charge >= 0.3 is 5.51 Å². The minimum absolute atomic E-state index is 0.325. The zero-order valence-electron chi connectivity index (χ0n) is 7.34. The SMILES string of the molecule is Cc1ccc(C[S+]([O-])C(F)(F)F)cn1. The highest BCUT2D eigenvalue weighted by atomic mass is 32.2. The summed E-state index contributed by atoms with van der Waals surface area (Å²) >= 11 is -2.83. The van der Waals surface area contributed by atoms with Gasteiger partial charge in [0.2, 0.25) is 0 Å². The van der Waals surface area contributed by atoms with Crippen molar-refractivity contribution in [3.05, 3.63) is 29.6 Å². The average molecular weight is 223 g/mol. The third kappa shape index (κ3) is 3.19. The van der Waals surface area contributed by atoms with Gasteiger partial charge in [0, 0.05) is 17.5 Å². The van der Waals surface area contributed by atoms with Crippen molar-refractivity contribution in [3.63, 3.8) is 0 Å². The van der Waals surface area contributed by atoms with Gasteiger partial charge in [0.05, 0.1) is 11.2 Å². The van der Waals surface area contributed by atoms with Gasteiger partial charge in [-0.05, 0) is 13.0 Å². The zero-order valence-corrected chi connectivity index (χ0v) is 8.15. The van der Waals surface area contributed by atoms with E-state index >= 15 is 0 Å². The van der Waals surface area contributed by atoms with Crippen molar-refractivity contribution in [1.82, 2.24) is 4.98 Å². The molecule has 0 radical (unpaired) electrons. The first-order chi connectivity index (χ1) is 6.39. The average Bonchev–Trinajstić information content (AvgIpc) is 2.07. The normalized spacial score (nSPS) is 14.1. The quantitative estimate of drug-likeness (QED) is 0.720.